The van der Waals surface area contributed by atoms with Gasteiger partial charge in [-0.3, -0.25) is 0 Å². The predicted octanol–water partition coefficient (Wildman–Crippen LogP) is -1.73. The third-order valence-corrected chi connectivity index (χ3v) is 1.66. The van der Waals surface area contributed by atoms with Crippen molar-refractivity contribution >= 4 is 0 Å². The molecule has 3 N–H and O–H groups in total. The van der Waals surface area contributed by atoms with E-state index >= 15 is 0 Å². The van der Waals surface area contributed by atoms with Crippen LogP contribution in [0.15, 0.2) is 0 Å². The van der Waals surface area contributed by atoms with Gasteiger partial charge in [-0.15, -0.1) is 0 Å². The van der Waals surface area contributed by atoms with Crippen LogP contribution in [0, 0.1) is 5.92 Å². The SMILES string of the molecule is CC1C[NH+](O)CC1O. The van der Waals surface area contributed by atoms with E-state index in [4.69, 9.17) is 10.3 Å². The van der Waals surface area contributed by atoms with E-state index in [9.17, 15) is 0 Å². The summed E-state index contributed by atoms with van der Waals surface area (Å²) in [5.41, 5.74) is 0. The summed E-state index contributed by atoms with van der Waals surface area (Å²) < 4.78 is 0. The van der Waals surface area contributed by atoms with Gasteiger partial charge in [0.05, 0.1) is 0 Å². The highest BCUT2D eigenvalue weighted by molar-refractivity contribution is 4.65. The third kappa shape index (κ3) is 0.992. The van der Waals surface area contributed by atoms with Crippen molar-refractivity contribution in [1.29, 1.82) is 0 Å². The van der Waals surface area contributed by atoms with Crippen molar-refractivity contribution in [3.63, 3.8) is 0 Å². The van der Waals surface area contributed by atoms with E-state index in [1.165, 1.54) is 0 Å². The summed E-state index contributed by atoms with van der Waals surface area (Å²) in [6, 6.07) is 0. The van der Waals surface area contributed by atoms with E-state index in [0.717, 1.165) is 0 Å². The maximum Gasteiger partial charge on any atom is 0.133 e. The summed E-state index contributed by atoms with van der Waals surface area (Å²) in [7, 11) is 0. The minimum absolute atomic E-state index is 0.259. The summed E-state index contributed by atoms with van der Waals surface area (Å²) in [5, 5.41) is 18.3. The topological polar surface area (TPSA) is 44.9 Å². The predicted molar refractivity (Wildman–Crippen MR) is 27.7 cm³/mol. The Morgan fingerprint density at radius 1 is 1.50 bits per heavy atom. The number of rotatable bonds is 0. The average Bonchev–Trinajstić information content (AvgIpc) is 1.85. The van der Waals surface area contributed by atoms with Crippen molar-refractivity contribution in [3.05, 3.63) is 0 Å². The summed E-state index contributed by atoms with van der Waals surface area (Å²) in [6.07, 6.45) is -0.296. The Morgan fingerprint density at radius 2 is 2.12 bits per heavy atom. The molecule has 3 atom stereocenters. The Labute approximate surface area is 48.5 Å². The molecule has 0 aliphatic carbocycles. The van der Waals surface area contributed by atoms with Crippen molar-refractivity contribution in [2.45, 2.75) is 13.0 Å². The van der Waals surface area contributed by atoms with E-state index in [2.05, 4.69) is 0 Å². The lowest BCUT2D eigenvalue weighted by atomic mass is 10.1. The van der Waals surface area contributed by atoms with Gasteiger partial charge in [0.25, 0.3) is 0 Å². The molecular weight excluding hydrogens is 106 g/mol. The molecule has 0 aromatic carbocycles. The lowest BCUT2D eigenvalue weighted by Crippen LogP contribution is -3.08. The first kappa shape index (κ1) is 6.01. The second-order valence-electron chi connectivity index (χ2n) is 2.52. The number of quaternary nitrogens is 1. The zero-order valence-corrected chi connectivity index (χ0v) is 4.96. The second kappa shape index (κ2) is 2.01. The van der Waals surface area contributed by atoms with E-state index in [1.807, 2.05) is 6.92 Å². The van der Waals surface area contributed by atoms with Crippen LogP contribution in [0.4, 0.5) is 0 Å². The van der Waals surface area contributed by atoms with E-state index < -0.39 is 0 Å². The fraction of sp³-hybridized carbons (Fsp3) is 1.00. The van der Waals surface area contributed by atoms with Gasteiger partial charge in [0.2, 0.25) is 0 Å². The average molecular weight is 118 g/mol. The first-order chi connectivity index (χ1) is 3.70. The monoisotopic (exact) mass is 118 g/mol. The first-order valence-corrected chi connectivity index (χ1v) is 2.92. The fourth-order valence-electron chi connectivity index (χ4n) is 1.03. The zero-order valence-electron chi connectivity index (χ0n) is 4.96. The van der Waals surface area contributed by atoms with Gasteiger partial charge < -0.3 is 5.11 Å². The minimum Gasteiger partial charge on any atom is -0.387 e. The van der Waals surface area contributed by atoms with Gasteiger partial charge in [-0.25, -0.2) is 5.21 Å². The second-order valence-corrected chi connectivity index (χ2v) is 2.52. The van der Waals surface area contributed by atoms with Crippen molar-refractivity contribution < 1.29 is 15.4 Å². The molecule has 0 aromatic rings. The molecule has 3 unspecified atom stereocenters. The minimum atomic E-state index is -0.296. The van der Waals surface area contributed by atoms with Gasteiger partial charge in [0.15, 0.2) is 0 Å². The van der Waals surface area contributed by atoms with Crippen LogP contribution in [0.2, 0.25) is 0 Å². The van der Waals surface area contributed by atoms with Crippen LogP contribution in [0.3, 0.4) is 0 Å². The van der Waals surface area contributed by atoms with Crippen molar-refractivity contribution in [2.24, 2.45) is 5.92 Å². The van der Waals surface area contributed by atoms with Crippen LogP contribution in [0.5, 0.6) is 0 Å². The third-order valence-electron chi connectivity index (χ3n) is 1.66. The van der Waals surface area contributed by atoms with Crippen LogP contribution < -0.4 is 5.06 Å². The molecule has 48 valence electrons. The number of hydrogen-bond acceptors (Lipinski definition) is 2. The molecule has 0 radical (unpaired) electrons. The van der Waals surface area contributed by atoms with E-state index in [-0.39, 0.29) is 12.0 Å². The number of nitrogens with one attached hydrogen (secondary N) is 1. The van der Waals surface area contributed by atoms with E-state index in [1.54, 1.807) is 0 Å². The summed E-state index contributed by atoms with van der Waals surface area (Å²) in [5.74, 6) is 0.259. The number of hydroxylamine groups is 2. The maximum absolute atomic E-state index is 8.99. The van der Waals surface area contributed by atoms with Crippen molar-refractivity contribution in [1.82, 2.24) is 0 Å². The molecule has 3 heteroatoms. The largest absolute Gasteiger partial charge is 0.387 e. The Hall–Kier alpha value is -0.120. The summed E-state index contributed by atoms with van der Waals surface area (Å²) in [6.45, 7) is 3.11. The van der Waals surface area contributed by atoms with Gasteiger partial charge in [-0.05, 0) is 0 Å². The highest BCUT2D eigenvalue weighted by atomic mass is 16.5. The van der Waals surface area contributed by atoms with Gasteiger partial charge in [0.1, 0.15) is 19.2 Å². The molecule has 1 rings (SSSR count). The molecule has 0 bridgehead atoms. The van der Waals surface area contributed by atoms with Crippen LogP contribution in [-0.4, -0.2) is 29.5 Å². The Balaban J connectivity index is 2.39. The molecule has 1 heterocycles. The van der Waals surface area contributed by atoms with Gasteiger partial charge >= 0.3 is 0 Å². The Morgan fingerprint density at radius 3 is 2.25 bits per heavy atom. The normalized spacial score (nSPS) is 47.6. The van der Waals surface area contributed by atoms with Crippen LogP contribution in [0.1, 0.15) is 6.92 Å². The number of aliphatic hydroxyl groups is 1. The molecule has 0 saturated carbocycles. The molecule has 0 spiro atoms. The summed E-state index contributed by atoms with van der Waals surface area (Å²) >= 11 is 0. The molecule has 1 aliphatic rings. The summed E-state index contributed by atoms with van der Waals surface area (Å²) in [4.78, 5) is 0. The maximum atomic E-state index is 8.99. The molecule has 1 fully saturated rings. The van der Waals surface area contributed by atoms with Crippen LogP contribution in [-0.2, 0) is 0 Å². The van der Waals surface area contributed by atoms with Crippen molar-refractivity contribution in [2.75, 3.05) is 13.1 Å². The van der Waals surface area contributed by atoms with Gasteiger partial charge in [-0.1, -0.05) is 6.92 Å². The van der Waals surface area contributed by atoms with E-state index in [0.29, 0.717) is 18.2 Å². The first-order valence-electron chi connectivity index (χ1n) is 2.92. The molecule has 1 aliphatic heterocycles. The smallest absolute Gasteiger partial charge is 0.133 e. The van der Waals surface area contributed by atoms with Crippen LogP contribution in [0.25, 0.3) is 0 Å². The molecule has 8 heavy (non-hydrogen) atoms. The quantitative estimate of drug-likeness (QED) is 0.354. The Kier molecular flexibility index (Phi) is 1.51. The molecule has 0 amide bonds. The van der Waals surface area contributed by atoms with Crippen LogP contribution >= 0.6 is 0 Å². The Bertz CT molecular complexity index is 76.5. The van der Waals surface area contributed by atoms with Gasteiger partial charge in [-0.2, -0.15) is 5.06 Å². The molecule has 0 aromatic heterocycles. The molecule has 3 nitrogen and oxygen atoms in total. The molecular formula is C5H12NO2+. The number of hydrogen-bond donors (Lipinski definition) is 3. The zero-order chi connectivity index (χ0) is 6.15. The van der Waals surface area contributed by atoms with Crippen molar-refractivity contribution in [3.8, 4) is 0 Å². The lowest BCUT2D eigenvalue weighted by Gasteiger charge is -1.97. The van der Waals surface area contributed by atoms with Gasteiger partial charge in [0, 0.05) is 5.92 Å². The fourth-order valence-corrected chi connectivity index (χ4v) is 1.03. The number of aliphatic hydroxyl groups excluding tert-OH is 1. The standard InChI is InChI=1S/C5H11NO2/c1-4-2-6(8)3-5(4)7/h4-5,7-8H,2-3H2,1H3/p+1. The molecule has 1 saturated heterocycles. The lowest BCUT2D eigenvalue weighted by molar-refractivity contribution is -1.08. The highest BCUT2D eigenvalue weighted by Crippen LogP contribution is 2.01. The highest BCUT2D eigenvalue weighted by Gasteiger charge is 2.30.